The Kier molecular flexibility index (Phi) is 9.91. The summed E-state index contributed by atoms with van der Waals surface area (Å²) < 4.78 is 3.04. The molecule has 1 fully saturated rings. The molecule has 0 saturated carbocycles. The molecule has 1 aliphatic heterocycles. The van der Waals surface area contributed by atoms with Crippen molar-refractivity contribution in [2.75, 3.05) is 31.9 Å². The Labute approximate surface area is 187 Å². The number of thioether (sulfide) groups is 1. The molecule has 1 N–H and O–H groups in total. The number of rotatable bonds is 8. The Bertz CT molecular complexity index is 688. The summed E-state index contributed by atoms with van der Waals surface area (Å²) in [6.07, 6.45) is 9.38. The molecule has 0 amide bonds. The van der Waals surface area contributed by atoms with Crippen molar-refractivity contribution in [1.82, 2.24) is 25.0 Å². The lowest BCUT2D eigenvalue weighted by atomic mass is 10.0. The predicted octanol–water partition coefficient (Wildman–Crippen LogP) is 3.51. The monoisotopic (exact) mass is 520 g/mol. The number of guanidine groups is 1. The molecular weight excluding hydrogens is 491 g/mol. The van der Waals surface area contributed by atoms with Crippen LogP contribution in [0.15, 0.2) is 33.3 Å². The smallest absolute Gasteiger partial charge is 0.193 e. The summed E-state index contributed by atoms with van der Waals surface area (Å²) in [5.41, 5.74) is 1.33. The Morgan fingerprint density at radius 2 is 2.37 bits per heavy atom. The van der Waals surface area contributed by atoms with Crippen molar-refractivity contribution in [2.45, 2.75) is 30.5 Å². The largest absolute Gasteiger partial charge is 0.357 e. The van der Waals surface area contributed by atoms with Gasteiger partial charge in [-0.3, -0.25) is 9.67 Å². The van der Waals surface area contributed by atoms with Crippen LogP contribution in [0, 0.1) is 5.92 Å². The molecule has 1 aliphatic rings. The van der Waals surface area contributed by atoms with E-state index in [-0.39, 0.29) is 24.0 Å². The highest BCUT2D eigenvalue weighted by atomic mass is 127. The zero-order chi connectivity index (χ0) is 18.2. The predicted molar refractivity (Wildman–Crippen MR) is 125 cm³/mol. The van der Waals surface area contributed by atoms with E-state index in [1.807, 2.05) is 41.3 Å². The van der Waals surface area contributed by atoms with Crippen molar-refractivity contribution in [1.29, 1.82) is 0 Å². The summed E-state index contributed by atoms with van der Waals surface area (Å²) >= 11 is 3.53. The van der Waals surface area contributed by atoms with Crippen molar-refractivity contribution >= 4 is 53.0 Å². The van der Waals surface area contributed by atoms with Crippen LogP contribution in [0.5, 0.6) is 0 Å². The Balaban J connectivity index is 0.00000261. The zero-order valence-electron chi connectivity index (χ0n) is 16.0. The standard InChI is InChI=1S/C18H28N6S2.HI/c1-3-19-17(20-6-4-9-25-18-21-7-10-26-18)24-8-5-15(14-24)11-16-12-22-23(2)13-16;/h7,10,12-13,15H,3-6,8-9,11,14H2,1-2H3,(H,19,20);1H. The highest BCUT2D eigenvalue weighted by Gasteiger charge is 2.25. The number of nitrogens with one attached hydrogen (secondary N) is 1. The van der Waals surface area contributed by atoms with E-state index in [1.54, 1.807) is 11.3 Å². The van der Waals surface area contributed by atoms with Gasteiger partial charge in [-0.15, -0.1) is 35.3 Å². The van der Waals surface area contributed by atoms with E-state index >= 15 is 0 Å². The second-order valence-electron chi connectivity index (χ2n) is 6.56. The molecule has 0 radical (unpaired) electrons. The molecule has 0 spiro atoms. The number of hydrogen-bond acceptors (Lipinski definition) is 5. The molecule has 3 rings (SSSR count). The topological polar surface area (TPSA) is 58.3 Å². The fourth-order valence-electron chi connectivity index (χ4n) is 3.22. The SMILES string of the molecule is CCNC(=NCCCSc1nccs1)N1CCC(Cc2cnn(C)c2)C1.I. The normalized spacial score (nSPS) is 17.2. The summed E-state index contributed by atoms with van der Waals surface area (Å²) in [5.74, 6) is 2.82. The molecule has 2 aromatic heterocycles. The second kappa shape index (κ2) is 11.9. The van der Waals surface area contributed by atoms with Gasteiger partial charge in [0.2, 0.25) is 0 Å². The van der Waals surface area contributed by atoms with Gasteiger partial charge in [0, 0.05) is 56.8 Å². The van der Waals surface area contributed by atoms with Crippen molar-refractivity contribution in [3.63, 3.8) is 0 Å². The Hall–Kier alpha value is -0.810. The molecule has 0 bridgehead atoms. The molecule has 6 nitrogen and oxygen atoms in total. The van der Waals surface area contributed by atoms with E-state index in [2.05, 4.69) is 33.4 Å². The van der Waals surface area contributed by atoms with Crippen molar-refractivity contribution in [2.24, 2.45) is 18.0 Å². The molecule has 3 heterocycles. The maximum Gasteiger partial charge on any atom is 0.193 e. The number of hydrogen-bond donors (Lipinski definition) is 1. The first-order valence-electron chi connectivity index (χ1n) is 9.27. The van der Waals surface area contributed by atoms with Gasteiger partial charge in [-0.2, -0.15) is 5.10 Å². The molecule has 1 saturated heterocycles. The average Bonchev–Trinajstić information content (AvgIpc) is 3.37. The van der Waals surface area contributed by atoms with Gasteiger partial charge in [0.15, 0.2) is 5.96 Å². The molecule has 1 atom stereocenters. The minimum atomic E-state index is 0. The lowest BCUT2D eigenvalue weighted by Crippen LogP contribution is -2.40. The van der Waals surface area contributed by atoms with Gasteiger partial charge in [0.1, 0.15) is 4.34 Å². The van der Waals surface area contributed by atoms with Gasteiger partial charge in [-0.05, 0) is 37.7 Å². The Morgan fingerprint density at radius 3 is 3.07 bits per heavy atom. The first-order chi connectivity index (χ1) is 12.7. The van der Waals surface area contributed by atoms with Crippen LogP contribution in [0.25, 0.3) is 0 Å². The van der Waals surface area contributed by atoms with Crippen LogP contribution in [0.2, 0.25) is 0 Å². The van der Waals surface area contributed by atoms with E-state index in [0.29, 0.717) is 5.92 Å². The molecular formula is C18H29IN6S2. The minimum Gasteiger partial charge on any atom is -0.357 e. The molecule has 0 aliphatic carbocycles. The lowest BCUT2D eigenvalue weighted by molar-refractivity contribution is 0.460. The molecule has 27 heavy (non-hydrogen) atoms. The second-order valence-corrected chi connectivity index (χ2v) is 8.80. The van der Waals surface area contributed by atoms with Gasteiger partial charge >= 0.3 is 0 Å². The zero-order valence-corrected chi connectivity index (χ0v) is 20.0. The van der Waals surface area contributed by atoms with E-state index in [9.17, 15) is 0 Å². The number of halogens is 1. The summed E-state index contributed by atoms with van der Waals surface area (Å²) in [6.45, 7) is 6.08. The fraction of sp³-hybridized carbons (Fsp3) is 0.611. The molecule has 9 heteroatoms. The highest BCUT2D eigenvalue weighted by molar-refractivity contribution is 14.0. The first kappa shape index (κ1) is 22.5. The van der Waals surface area contributed by atoms with Crippen LogP contribution < -0.4 is 5.32 Å². The van der Waals surface area contributed by atoms with Crippen LogP contribution in [0.1, 0.15) is 25.3 Å². The van der Waals surface area contributed by atoms with Crippen molar-refractivity contribution in [3.8, 4) is 0 Å². The molecule has 0 aromatic carbocycles. The number of aromatic nitrogens is 3. The number of likely N-dealkylation sites (tertiary alicyclic amines) is 1. The summed E-state index contributed by atoms with van der Waals surface area (Å²) in [7, 11) is 1.98. The Morgan fingerprint density at radius 1 is 1.48 bits per heavy atom. The molecule has 150 valence electrons. The fourth-order valence-corrected chi connectivity index (χ4v) is 4.85. The van der Waals surface area contributed by atoms with Crippen LogP contribution in [0.4, 0.5) is 0 Å². The first-order valence-corrected chi connectivity index (χ1v) is 11.1. The van der Waals surface area contributed by atoms with Crippen molar-refractivity contribution in [3.05, 3.63) is 29.5 Å². The average molecular weight is 521 g/mol. The van der Waals surface area contributed by atoms with E-state index < -0.39 is 0 Å². The third-order valence-electron chi connectivity index (χ3n) is 4.40. The van der Waals surface area contributed by atoms with Gasteiger partial charge in [0.25, 0.3) is 0 Å². The van der Waals surface area contributed by atoms with Crippen LogP contribution >= 0.6 is 47.1 Å². The van der Waals surface area contributed by atoms with Gasteiger partial charge in [-0.1, -0.05) is 11.8 Å². The third kappa shape index (κ3) is 7.26. The number of thiazole rings is 1. The van der Waals surface area contributed by atoms with E-state index in [4.69, 9.17) is 4.99 Å². The van der Waals surface area contributed by atoms with Gasteiger partial charge < -0.3 is 10.2 Å². The number of aliphatic imine (C=N–C) groups is 1. The lowest BCUT2D eigenvalue weighted by Gasteiger charge is -2.21. The third-order valence-corrected chi connectivity index (χ3v) is 6.45. The highest BCUT2D eigenvalue weighted by Crippen LogP contribution is 2.22. The van der Waals surface area contributed by atoms with E-state index in [0.717, 1.165) is 55.1 Å². The van der Waals surface area contributed by atoms with Crippen LogP contribution in [0.3, 0.4) is 0 Å². The molecule has 1 unspecified atom stereocenters. The quantitative estimate of drug-likeness (QED) is 0.190. The van der Waals surface area contributed by atoms with Crippen LogP contribution in [-0.2, 0) is 13.5 Å². The summed E-state index contributed by atoms with van der Waals surface area (Å²) in [5, 5.41) is 9.77. The van der Waals surface area contributed by atoms with Gasteiger partial charge in [-0.25, -0.2) is 4.98 Å². The van der Waals surface area contributed by atoms with E-state index in [1.165, 1.54) is 12.0 Å². The maximum atomic E-state index is 4.84. The summed E-state index contributed by atoms with van der Waals surface area (Å²) in [4.78, 5) is 11.6. The maximum absolute atomic E-state index is 4.84. The molecule has 2 aromatic rings. The number of nitrogens with zero attached hydrogens (tertiary/aromatic N) is 5. The van der Waals surface area contributed by atoms with Crippen LogP contribution in [-0.4, -0.2) is 57.6 Å². The summed E-state index contributed by atoms with van der Waals surface area (Å²) in [6, 6.07) is 0. The van der Waals surface area contributed by atoms with Crippen molar-refractivity contribution < 1.29 is 0 Å². The minimum absolute atomic E-state index is 0. The van der Waals surface area contributed by atoms with Gasteiger partial charge in [0.05, 0.1) is 6.20 Å². The number of aryl methyl sites for hydroxylation is 1.